The molecule has 0 spiro atoms. The molecule has 0 heterocycles. The van der Waals surface area contributed by atoms with Gasteiger partial charge in [0.25, 0.3) is 0 Å². The van der Waals surface area contributed by atoms with Crippen molar-refractivity contribution in [3.8, 4) is 0 Å². The van der Waals surface area contributed by atoms with Crippen molar-refractivity contribution in [1.82, 2.24) is 0 Å². The van der Waals surface area contributed by atoms with Crippen LogP contribution in [0.4, 0.5) is 0 Å². The van der Waals surface area contributed by atoms with Crippen LogP contribution in [0.2, 0.25) is 0 Å². The highest BCUT2D eigenvalue weighted by atomic mass is 35.5. The first-order valence-electron chi connectivity index (χ1n) is 9.88. The number of carbonyl (C=O) groups is 1. The molecule has 1 N–H and O–H groups in total. The summed E-state index contributed by atoms with van der Waals surface area (Å²) in [6.07, 6.45) is 11.3. The van der Waals surface area contributed by atoms with Crippen molar-refractivity contribution >= 4 is 17.4 Å². The Morgan fingerprint density at radius 3 is 2.75 bits per heavy atom. The number of allylic oxidation sites excluding steroid dienone is 2. The maximum Gasteiger partial charge on any atom is 0.173 e. The van der Waals surface area contributed by atoms with Gasteiger partial charge in [-0.2, -0.15) is 0 Å². The minimum atomic E-state index is -0.0745. The summed E-state index contributed by atoms with van der Waals surface area (Å²) in [4.78, 5) is 12.3. The second-order valence-corrected chi connectivity index (χ2v) is 9.72. The average Bonchev–Trinajstić information content (AvgIpc) is 2.92. The van der Waals surface area contributed by atoms with Crippen LogP contribution >= 0.6 is 11.6 Å². The Labute approximate surface area is 151 Å². The number of ketones is 1. The number of rotatable bonds is 2. The van der Waals surface area contributed by atoms with Gasteiger partial charge in [0.2, 0.25) is 0 Å². The lowest BCUT2D eigenvalue weighted by molar-refractivity contribution is -0.124. The predicted molar refractivity (Wildman–Crippen MR) is 96.9 cm³/mol. The number of hydrogen-bond donors (Lipinski definition) is 1. The largest absolute Gasteiger partial charge is 0.393 e. The van der Waals surface area contributed by atoms with Crippen LogP contribution < -0.4 is 0 Å². The highest BCUT2D eigenvalue weighted by Gasteiger charge is 2.59. The van der Waals surface area contributed by atoms with E-state index in [-0.39, 0.29) is 23.2 Å². The van der Waals surface area contributed by atoms with E-state index < -0.39 is 0 Å². The normalized spacial score (nSPS) is 50.5. The fraction of sp³-hybridized carbons (Fsp3) is 0.857. The van der Waals surface area contributed by atoms with Crippen molar-refractivity contribution in [1.29, 1.82) is 0 Å². The molecule has 7 atom stereocenters. The van der Waals surface area contributed by atoms with Crippen molar-refractivity contribution in [2.24, 2.45) is 34.5 Å². The van der Waals surface area contributed by atoms with E-state index in [0.29, 0.717) is 17.3 Å². The van der Waals surface area contributed by atoms with Gasteiger partial charge in [-0.25, -0.2) is 0 Å². The third-order valence-electron chi connectivity index (χ3n) is 8.64. The second kappa shape index (κ2) is 5.84. The number of carbonyl (C=O) groups excluding carboxylic acids is 1. The summed E-state index contributed by atoms with van der Waals surface area (Å²) >= 11 is 5.88. The topological polar surface area (TPSA) is 37.3 Å². The SMILES string of the molecule is C[C@]12CC[C@H](O)C[C@@H]1CC[C@@H]1[C@@H]2CC[C@]2(C)C(C(=O)CCl)=CC[C@@H]12. The lowest BCUT2D eigenvalue weighted by Gasteiger charge is -2.60. The summed E-state index contributed by atoms with van der Waals surface area (Å²) in [6, 6.07) is 0. The summed E-state index contributed by atoms with van der Waals surface area (Å²) in [5, 5.41) is 10.1. The van der Waals surface area contributed by atoms with Crippen LogP contribution in [0, 0.1) is 34.5 Å². The number of hydrogen-bond acceptors (Lipinski definition) is 2. The minimum absolute atomic E-state index is 0.0600. The van der Waals surface area contributed by atoms with E-state index in [9.17, 15) is 9.90 Å². The molecule has 4 rings (SSSR count). The Morgan fingerprint density at radius 2 is 2.00 bits per heavy atom. The Balaban J connectivity index is 1.61. The van der Waals surface area contributed by atoms with Crippen molar-refractivity contribution in [2.45, 2.75) is 71.3 Å². The fourth-order valence-corrected chi connectivity index (χ4v) is 7.45. The summed E-state index contributed by atoms with van der Waals surface area (Å²) < 4.78 is 0. The van der Waals surface area contributed by atoms with Crippen LogP contribution in [0.1, 0.15) is 65.2 Å². The van der Waals surface area contributed by atoms with Crippen molar-refractivity contribution in [3.05, 3.63) is 11.6 Å². The summed E-state index contributed by atoms with van der Waals surface area (Å²) in [5.74, 6) is 3.13. The lowest BCUT2D eigenvalue weighted by atomic mass is 9.44. The van der Waals surface area contributed by atoms with Gasteiger partial charge in [-0.1, -0.05) is 19.9 Å². The van der Waals surface area contributed by atoms with Crippen LogP contribution in [0.3, 0.4) is 0 Å². The van der Waals surface area contributed by atoms with E-state index in [2.05, 4.69) is 19.9 Å². The maximum atomic E-state index is 12.3. The molecule has 134 valence electrons. The minimum Gasteiger partial charge on any atom is -0.393 e. The standard InChI is InChI=1S/C21H31ClO2/c1-20-9-7-14(23)11-13(20)3-4-15-16-5-6-18(19(24)12-22)21(16,2)10-8-17(15)20/h6,13-17,23H,3-5,7-12H2,1-2H3/t13-,14-,15-,16-,17-,20-,21-/m0/s1. The average molecular weight is 351 g/mol. The molecule has 0 aliphatic heterocycles. The zero-order valence-electron chi connectivity index (χ0n) is 15.1. The first-order chi connectivity index (χ1) is 11.4. The van der Waals surface area contributed by atoms with Crippen molar-refractivity contribution in [3.63, 3.8) is 0 Å². The number of Topliss-reactive ketones (excluding diaryl/α,β-unsaturated/α-hetero) is 1. The first-order valence-corrected chi connectivity index (χ1v) is 10.4. The summed E-state index contributed by atoms with van der Waals surface area (Å²) in [5.41, 5.74) is 1.50. The second-order valence-electron chi connectivity index (χ2n) is 9.45. The zero-order chi connectivity index (χ0) is 17.1. The Hall–Kier alpha value is -0.340. The molecule has 3 fully saturated rings. The monoisotopic (exact) mass is 350 g/mol. The van der Waals surface area contributed by atoms with Crippen LogP contribution in [0.25, 0.3) is 0 Å². The van der Waals surface area contributed by atoms with E-state index in [1.54, 1.807) is 0 Å². The molecule has 0 amide bonds. The van der Waals surface area contributed by atoms with E-state index >= 15 is 0 Å². The first kappa shape index (κ1) is 17.1. The molecular weight excluding hydrogens is 320 g/mol. The number of aliphatic hydroxyl groups excluding tert-OH is 1. The molecule has 3 saturated carbocycles. The molecule has 2 nitrogen and oxygen atoms in total. The molecule has 4 aliphatic carbocycles. The number of aliphatic hydroxyl groups is 1. The van der Waals surface area contributed by atoms with E-state index in [4.69, 9.17) is 11.6 Å². The number of alkyl halides is 1. The molecule has 0 saturated heterocycles. The Morgan fingerprint density at radius 1 is 1.21 bits per heavy atom. The third-order valence-corrected chi connectivity index (χ3v) is 8.88. The molecule has 0 aromatic rings. The highest BCUT2D eigenvalue weighted by molar-refractivity contribution is 6.30. The third kappa shape index (κ3) is 2.28. The Kier molecular flexibility index (Phi) is 4.16. The molecule has 3 heteroatoms. The Bertz CT molecular complexity index is 570. The van der Waals surface area contributed by atoms with Gasteiger partial charge < -0.3 is 5.11 Å². The van der Waals surface area contributed by atoms with Gasteiger partial charge in [-0.3, -0.25) is 4.79 Å². The van der Waals surface area contributed by atoms with Gasteiger partial charge in [0, 0.05) is 0 Å². The number of fused-ring (bicyclic) bond motifs is 5. The highest BCUT2D eigenvalue weighted by Crippen LogP contribution is 2.66. The van der Waals surface area contributed by atoms with Gasteiger partial charge in [-0.15, -0.1) is 11.6 Å². The number of halogens is 1. The van der Waals surface area contributed by atoms with Crippen LogP contribution in [0.15, 0.2) is 11.6 Å². The quantitative estimate of drug-likeness (QED) is 0.731. The van der Waals surface area contributed by atoms with Crippen LogP contribution in [0.5, 0.6) is 0 Å². The van der Waals surface area contributed by atoms with Gasteiger partial charge in [0.1, 0.15) is 0 Å². The summed E-state index contributed by atoms with van der Waals surface area (Å²) in [7, 11) is 0. The van der Waals surface area contributed by atoms with Gasteiger partial charge >= 0.3 is 0 Å². The van der Waals surface area contributed by atoms with E-state index in [1.165, 1.54) is 25.7 Å². The zero-order valence-corrected chi connectivity index (χ0v) is 15.8. The molecule has 0 aromatic carbocycles. The summed E-state index contributed by atoms with van der Waals surface area (Å²) in [6.45, 7) is 4.84. The smallest absolute Gasteiger partial charge is 0.173 e. The molecule has 24 heavy (non-hydrogen) atoms. The van der Waals surface area contributed by atoms with Crippen molar-refractivity contribution < 1.29 is 9.90 Å². The maximum absolute atomic E-state index is 12.3. The van der Waals surface area contributed by atoms with Crippen LogP contribution in [-0.2, 0) is 4.79 Å². The van der Waals surface area contributed by atoms with Gasteiger partial charge in [0.15, 0.2) is 5.78 Å². The lowest BCUT2D eigenvalue weighted by Crippen LogP contribution is -2.53. The molecule has 0 aromatic heterocycles. The molecule has 0 radical (unpaired) electrons. The van der Waals surface area contributed by atoms with Gasteiger partial charge in [-0.05, 0) is 91.4 Å². The fourth-order valence-electron chi connectivity index (χ4n) is 7.31. The van der Waals surface area contributed by atoms with E-state index in [1.807, 2.05) is 0 Å². The van der Waals surface area contributed by atoms with Crippen molar-refractivity contribution in [2.75, 3.05) is 5.88 Å². The molecule has 4 aliphatic rings. The molecular formula is C21H31ClO2. The predicted octanol–water partition coefficient (Wildman–Crippen LogP) is 4.73. The molecule has 0 unspecified atom stereocenters. The van der Waals surface area contributed by atoms with E-state index in [0.717, 1.165) is 43.1 Å². The molecule has 0 bridgehead atoms. The van der Waals surface area contributed by atoms with Gasteiger partial charge in [0.05, 0.1) is 12.0 Å². The van der Waals surface area contributed by atoms with Crippen LogP contribution in [-0.4, -0.2) is 22.9 Å².